The zero-order valence-corrected chi connectivity index (χ0v) is 10.9. The van der Waals surface area contributed by atoms with E-state index in [1.165, 1.54) is 0 Å². The number of carbonyl (C=O) groups is 1. The Bertz CT molecular complexity index is 419. The topological polar surface area (TPSA) is 59.2 Å². The van der Waals surface area contributed by atoms with Gasteiger partial charge in [-0.15, -0.1) is 0 Å². The van der Waals surface area contributed by atoms with E-state index < -0.39 is 0 Å². The summed E-state index contributed by atoms with van der Waals surface area (Å²) in [5.74, 6) is 1.46. The van der Waals surface area contributed by atoms with Crippen LogP contribution in [0.1, 0.15) is 38.2 Å². The summed E-state index contributed by atoms with van der Waals surface area (Å²) < 4.78 is 0. The smallest absolute Gasteiger partial charge is 0.222 e. The number of nitrogens with two attached hydrogens (primary N) is 1. The number of amides is 1. The van der Waals surface area contributed by atoms with Crippen molar-refractivity contribution in [2.45, 2.75) is 39.2 Å². The van der Waals surface area contributed by atoms with Crippen LogP contribution in [0.15, 0.2) is 18.3 Å². The first-order valence-electron chi connectivity index (χ1n) is 6.67. The number of hydrogen-bond donors (Lipinski definition) is 1. The molecule has 1 unspecified atom stereocenters. The second-order valence-electron chi connectivity index (χ2n) is 4.96. The van der Waals surface area contributed by atoms with E-state index in [0.717, 1.165) is 31.4 Å². The molecule has 4 heteroatoms. The van der Waals surface area contributed by atoms with E-state index in [9.17, 15) is 4.79 Å². The number of pyridine rings is 1. The molecule has 2 N–H and O–H groups in total. The number of nitrogen functional groups attached to an aromatic ring is 1. The highest BCUT2D eigenvalue weighted by molar-refractivity contribution is 5.76. The zero-order chi connectivity index (χ0) is 13.0. The standard InChI is InChI=1S/C14H21N3O/c1-2-11-5-6-13(18)17(9-7-11)10-12-4-3-8-16-14(12)15/h3-4,8,11H,2,5-7,9-10H2,1H3,(H2,15,16). The van der Waals surface area contributed by atoms with E-state index in [2.05, 4.69) is 11.9 Å². The van der Waals surface area contributed by atoms with Gasteiger partial charge in [0.15, 0.2) is 0 Å². The molecule has 1 aromatic heterocycles. The number of nitrogens with zero attached hydrogens (tertiary/aromatic N) is 2. The molecule has 4 nitrogen and oxygen atoms in total. The van der Waals surface area contributed by atoms with E-state index in [-0.39, 0.29) is 5.91 Å². The first-order valence-corrected chi connectivity index (χ1v) is 6.67. The maximum Gasteiger partial charge on any atom is 0.222 e. The lowest BCUT2D eigenvalue weighted by molar-refractivity contribution is -0.131. The Morgan fingerprint density at radius 2 is 2.33 bits per heavy atom. The summed E-state index contributed by atoms with van der Waals surface area (Å²) in [5.41, 5.74) is 6.77. The monoisotopic (exact) mass is 247 g/mol. The average molecular weight is 247 g/mol. The molecule has 1 aliphatic rings. The number of hydrogen-bond acceptors (Lipinski definition) is 3. The SMILES string of the molecule is CCC1CCC(=O)N(Cc2cccnc2N)CC1. The van der Waals surface area contributed by atoms with Gasteiger partial charge >= 0.3 is 0 Å². The van der Waals surface area contributed by atoms with Crippen LogP contribution in [-0.2, 0) is 11.3 Å². The first-order chi connectivity index (χ1) is 8.70. The van der Waals surface area contributed by atoms with Crippen LogP contribution in [0.3, 0.4) is 0 Å². The molecule has 1 amide bonds. The molecule has 0 saturated carbocycles. The third-order valence-corrected chi connectivity index (χ3v) is 3.79. The van der Waals surface area contributed by atoms with Crippen molar-refractivity contribution in [1.29, 1.82) is 0 Å². The van der Waals surface area contributed by atoms with Crippen molar-refractivity contribution >= 4 is 11.7 Å². The van der Waals surface area contributed by atoms with Crippen LogP contribution >= 0.6 is 0 Å². The minimum Gasteiger partial charge on any atom is -0.383 e. The van der Waals surface area contributed by atoms with E-state index in [1.54, 1.807) is 6.20 Å². The Morgan fingerprint density at radius 3 is 3.06 bits per heavy atom. The fraction of sp³-hybridized carbons (Fsp3) is 0.571. The molecule has 0 aliphatic carbocycles. The third-order valence-electron chi connectivity index (χ3n) is 3.79. The van der Waals surface area contributed by atoms with Crippen molar-refractivity contribution in [2.75, 3.05) is 12.3 Å². The Hall–Kier alpha value is -1.58. The van der Waals surface area contributed by atoms with Crippen LogP contribution in [0, 0.1) is 5.92 Å². The normalized spacial score (nSPS) is 20.8. The predicted molar refractivity (Wildman–Crippen MR) is 71.7 cm³/mol. The van der Waals surface area contributed by atoms with Gasteiger partial charge in [-0.2, -0.15) is 0 Å². The minimum atomic E-state index is 0.245. The van der Waals surface area contributed by atoms with Crippen molar-refractivity contribution in [2.24, 2.45) is 5.92 Å². The molecule has 1 aliphatic heterocycles. The Kier molecular flexibility index (Phi) is 4.18. The molecule has 1 saturated heterocycles. The highest BCUT2D eigenvalue weighted by atomic mass is 16.2. The fourth-order valence-electron chi connectivity index (χ4n) is 2.46. The molecular weight excluding hydrogens is 226 g/mol. The van der Waals surface area contributed by atoms with Gasteiger partial charge in [-0.25, -0.2) is 4.98 Å². The molecule has 1 fully saturated rings. The van der Waals surface area contributed by atoms with Gasteiger partial charge in [0, 0.05) is 31.3 Å². The lowest BCUT2D eigenvalue weighted by atomic mass is 9.98. The number of carbonyl (C=O) groups excluding carboxylic acids is 1. The van der Waals surface area contributed by atoms with Crippen LogP contribution in [0.5, 0.6) is 0 Å². The van der Waals surface area contributed by atoms with Gasteiger partial charge in [-0.05, 0) is 24.8 Å². The molecule has 2 heterocycles. The molecule has 18 heavy (non-hydrogen) atoms. The summed E-state index contributed by atoms with van der Waals surface area (Å²) in [6.45, 7) is 3.63. The second kappa shape index (κ2) is 5.85. The van der Waals surface area contributed by atoms with Gasteiger partial charge in [0.25, 0.3) is 0 Å². The Balaban J connectivity index is 2.04. The quantitative estimate of drug-likeness (QED) is 0.890. The Labute approximate surface area is 108 Å². The van der Waals surface area contributed by atoms with E-state index in [4.69, 9.17) is 5.73 Å². The van der Waals surface area contributed by atoms with Crippen molar-refractivity contribution in [3.63, 3.8) is 0 Å². The molecule has 0 radical (unpaired) electrons. The predicted octanol–water partition coefficient (Wildman–Crippen LogP) is 2.20. The Morgan fingerprint density at radius 1 is 1.50 bits per heavy atom. The van der Waals surface area contributed by atoms with Gasteiger partial charge in [-0.1, -0.05) is 19.4 Å². The van der Waals surface area contributed by atoms with Crippen LogP contribution in [-0.4, -0.2) is 22.3 Å². The van der Waals surface area contributed by atoms with Gasteiger partial charge in [0.1, 0.15) is 5.82 Å². The van der Waals surface area contributed by atoms with Crippen molar-refractivity contribution in [3.8, 4) is 0 Å². The first kappa shape index (κ1) is 12.9. The number of anilines is 1. The lowest BCUT2D eigenvalue weighted by Crippen LogP contribution is -2.30. The molecular formula is C14H21N3O. The van der Waals surface area contributed by atoms with E-state index in [0.29, 0.717) is 24.7 Å². The largest absolute Gasteiger partial charge is 0.383 e. The minimum absolute atomic E-state index is 0.245. The van der Waals surface area contributed by atoms with Crippen LogP contribution in [0.2, 0.25) is 0 Å². The van der Waals surface area contributed by atoms with Gasteiger partial charge in [0.2, 0.25) is 5.91 Å². The maximum atomic E-state index is 12.1. The molecule has 1 atom stereocenters. The number of likely N-dealkylation sites (tertiary alicyclic amines) is 1. The third kappa shape index (κ3) is 3.00. The molecule has 2 rings (SSSR count). The number of rotatable bonds is 3. The molecule has 0 bridgehead atoms. The van der Waals surface area contributed by atoms with Crippen LogP contribution in [0.4, 0.5) is 5.82 Å². The van der Waals surface area contributed by atoms with Crippen LogP contribution < -0.4 is 5.73 Å². The fourth-order valence-corrected chi connectivity index (χ4v) is 2.46. The summed E-state index contributed by atoms with van der Waals surface area (Å²) in [7, 11) is 0. The van der Waals surface area contributed by atoms with Gasteiger partial charge in [0.05, 0.1) is 0 Å². The molecule has 98 valence electrons. The maximum absolute atomic E-state index is 12.1. The summed E-state index contributed by atoms with van der Waals surface area (Å²) in [4.78, 5) is 18.0. The lowest BCUT2D eigenvalue weighted by Gasteiger charge is -2.21. The molecule has 0 aromatic carbocycles. The number of aromatic nitrogens is 1. The van der Waals surface area contributed by atoms with Crippen molar-refractivity contribution in [1.82, 2.24) is 9.88 Å². The van der Waals surface area contributed by atoms with Gasteiger partial charge in [-0.3, -0.25) is 4.79 Å². The van der Waals surface area contributed by atoms with Crippen molar-refractivity contribution in [3.05, 3.63) is 23.9 Å². The summed E-state index contributed by atoms with van der Waals surface area (Å²) in [5, 5.41) is 0. The summed E-state index contributed by atoms with van der Waals surface area (Å²) in [6, 6.07) is 3.81. The molecule has 0 spiro atoms. The highest BCUT2D eigenvalue weighted by Crippen LogP contribution is 2.22. The molecule has 1 aromatic rings. The van der Waals surface area contributed by atoms with Crippen LogP contribution in [0.25, 0.3) is 0 Å². The zero-order valence-electron chi connectivity index (χ0n) is 10.9. The summed E-state index contributed by atoms with van der Waals surface area (Å²) >= 11 is 0. The second-order valence-corrected chi connectivity index (χ2v) is 4.96. The van der Waals surface area contributed by atoms with Gasteiger partial charge < -0.3 is 10.6 Å². The van der Waals surface area contributed by atoms with E-state index >= 15 is 0 Å². The highest BCUT2D eigenvalue weighted by Gasteiger charge is 2.22. The average Bonchev–Trinajstić information content (AvgIpc) is 2.55. The summed E-state index contributed by atoms with van der Waals surface area (Å²) in [6.07, 6.45) is 5.63. The van der Waals surface area contributed by atoms with Crippen molar-refractivity contribution < 1.29 is 4.79 Å². The van der Waals surface area contributed by atoms with E-state index in [1.807, 2.05) is 17.0 Å².